The van der Waals surface area contributed by atoms with Gasteiger partial charge in [0.25, 0.3) is 11.8 Å². The van der Waals surface area contributed by atoms with Crippen molar-refractivity contribution in [3.05, 3.63) is 68.1 Å². The first kappa shape index (κ1) is 30.8. The van der Waals surface area contributed by atoms with E-state index in [9.17, 15) is 19.2 Å². The van der Waals surface area contributed by atoms with Crippen molar-refractivity contribution in [2.75, 3.05) is 32.8 Å². The number of hydrogen-bond acceptors (Lipinski definition) is 9. The lowest BCUT2D eigenvalue weighted by Crippen LogP contribution is -2.55. The first-order valence-corrected chi connectivity index (χ1v) is 16.1. The third-order valence-electron chi connectivity index (χ3n) is 7.51. The third kappa shape index (κ3) is 7.28. The van der Waals surface area contributed by atoms with Gasteiger partial charge in [0, 0.05) is 23.8 Å². The highest BCUT2D eigenvalue weighted by molar-refractivity contribution is 7.10. The van der Waals surface area contributed by atoms with Crippen LogP contribution in [0.2, 0.25) is 0 Å². The maximum atomic E-state index is 13.5. The first-order chi connectivity index (χ1) is 20.6. The minimum Gasteiger partial charge on any atom is -0.379 e. The zero-order valence-electron chi connectivity index (χ0n) is 24.4. The van der Waals surface area contributed by atoms with Gasteiger partial charge in [-0.25, -0.2) is 9.97 Å². The van der Waals surface area contributed by atoms with E-state index in [1.54, 1.807) is 10.8 Å². The molecular weight excluding hydrogens is 589 g/mol. The number of amides is 4. The van der Waals surface area contributed by atoms with Gasteiger partial charge in [-0.3, -0.25) is 19.2 Å². The second-order valence-electron chi connectivity index (χ2n) is 11.5. The average Bonchev–Trinajstić information content (AvgIpc) is 3.66. The molecule has 4 amide bonds. The van der Waals surface area contributed by atoms with E-state index in [0.717, 1.165) is 5.56 Å². The van der Waals surface area contributed by atoms with Gasteiger partial charge in [0.15, 0.2) is 0 Å². The van der Waals surface area contributed by atoms with Crippen molar-refractivity contribution < 1.29 is 23.9 Å². The van der Waals surface area contributed by atoms with Gasteiger partial charge in [-0.05, 0) is 31.2 Å². The Morgan fingerprint density at radius 3 is 2.37 bits per heavy atom. The minimum absolute atomic E-state index is 0.00906. The Hall–Kier alpha value is -3.68. The largest absolute Gasteiger partial charge is 0.379 e. The van der Waals surface area contributed by atoms with Gasteiger partial charge in [0.2, 0.25) is 11.8 Å². The Morgan fingerprint density at radius 2 is 1.70 bits per heavy atom. The number of benzene rings is 1. The van der Waals surface area contributed by atoms with Crippen LogP contribution in [-0.2, 0) is 20.7 Å². The van der Waals surface area contributed by atoms with E-state index in [1.807, 2.05) is 51.1 Å². The van der Waals surface area contributed by atoms with Gasteiger partial charge in [-0.1, -0.05) is 44.2 Å². The molecule has 228 valence electrons. The molecule has 1 saturated heterocycles. The summed E-state index contributed by atoms with van der Waals surface area (Å²) in [5, 5.41) is 13.5. The summed E-state index contributed by atoms with van der Waals surface area (Å²) in [4.78, 5) is 63.8. The zero-order valence-corrected chi connectivity index (χ0v) is 26.1. The molecule has 5 rings (SSSR count). The van der Waals surface area contributed by atoms with Gasteiger partial charge in [0.1, 0.15) is 21.4 Å². The number of rotatable bonds is 4. The number of ether oxygens (including phenoxy) is 1. The molecule has 0 spiro atoms. The van der Waals surface area contributed by atoms with Crippen LogP contribution in [0.25, 0.3) is 0 Å². The summed E-state index contributed by atoms with van der Waals surface area (Å²) in [6, 6.07) is 8.80. The van der Waals surface area contributed by atoms with Crippen molar-refractivity contribution in [3.63, 3.8) is 0 Å². The molecule has 3 N–H and O–H groups in total. The van der Waals surface area contributed by atoms with E-state index >= 15 is 0 Å². The Morgan fingerprint density at radius 1 is 1.02 bits per heavy atom. The number of carbonyl (C=O) groups excluding carboxylic acids is 4. The van der Waals surface area contributed by atoms with Crippen LogP contribution in [0.4, 0.5) is 0 Å². The fourth-order valence-corrected chi connectivity index (χ4v) is 6.88. The molecule has 2 aliphatic heterocycles. The monoisotopic (exact) mass is 624 g/mol. The number of nitrogens with zero attached hydrogens (tertiary/aromatic N) is 3. The molecule has 13 heteroatoms. The molecule has 2 aliphatic rings. The van der Waals surface area contributed by atoms with Crippen molar-refractivity contribution in [3.8, 4) is 0 Å². The zero-order chi connectivity index (χ0) is 30.6. The average molecular weight is 625 g/mol. The predicted octanol–water partition coefficient (Wildman–Crippen LogP) is 3.13. The summed E-state index contributed by atoms with van der Waals surface area (Å²) in [5.74, 6) is -1.19. The quantitative estimate of drug-likeness (QED) is 0.405. The van der Waals surface area contributed by atoms with Crippen molar-refractivity contribution in [2.45, 2.75) is 45.7 Å². The summed E-state index contributed by atoms with van der Waals surface area (Å²) >= 11 is 2.62. The molecule has 4 bridgehead atoms. The van der Waals surface area contributed by atoms with E-state index in [2.05, 4.69) is 25.9 Å². The number of carbonyl (C=O) groups is 4. The van der Waals surface area contributed by atoms with Gasteiger partial charge < -0.3 is 25.6 Å². The smallest absolute Gasteiger partial charge is 0.271 e. The molecule has 4 heterocycles. The van der Waals surface area contributed by atoms with Crippen LogP contribution in [0.1, 0.15) is 75.8 Å². The Balaban J connectivity index is 1.46. The SMILES string of the molecule is CC(C)[C@@H]1NC(=O)c2csc(n2)[C@H](Cc2ccccc2)NC(=O)CN(C(=O)C2(C)COC2)CCCNC(=O)c2csc1n2. The topological polar surface area (TPSA) is 143 Å². The highest BCUT2D eigenvalue weighted by Crippen LogP contribution is 2.30. The third-order valence-corrected chi connectivity index (χ3v) is 9.40. The van der Waals surface area contributed by atoms with Gasteiger partial charge in [0.05, 0.1) is 37.3 Å². The molecule has 2 atom stereocenters. The Labute approximate surface area is 258 Å². The van der Waals surface area contributed by atoms with Crippen LogP contribution >= 0.6 is 22.7 Å². The summed E-state index contributed by atoms with van der Waals surface area (Å²) in [6.45, 7) is 6.80. The van der Waals surface area contributed by atoms with Crippen LogP contribution in [0.3, 0.4) is 0 Å². The number of thiazole rings is 2. The second-order valence-corrected chi connectivity index (χ2v) is 13.3. The van der Waals surface area contributed by atoms with Crippen LogP contribution in [0.5, 0.6) is 0 Å². The molecular formula is C30H36N6O5S2. The van der Waals surface area contributed by atoms with E-state index in [0.29, 0.717) is 42.6 Å². The molecule has 11 nitrogen and oxygen atoms in total. The molecule has 1 aromatic carbocycles. The lowest BCUT2D eigenvalue weighted by atomic mass is 9.87. The van der Waals surface area contributed by atoms with E-state index in [-0.39, 0.29) is 54.0 Å². The Kier molecular flexibility index (Phi) is 9.52. The molecule has 0 saturated carbocycles. The van der Waals surface area contributed by atoms with Crippen molar-refractivity contribution >= 4 is 46.3 Å². The van der Waals surface area contributed by atoms with Crippen molar-refractivity contribution in [2.24, 2.45) is 11.3 Å². The Bertz CT molecular complexity index is 1470. The van der Waals surface area contributed by atoms with Gasteiger partial charge in [-0.15, -0.1) is 22.7 Å². The number of nitrogens with one attached hydrogen (secondary N) is 3. The highest BCUT2D eigenvalue weighted by Gasteiger charge is 2.44. The van der Waals surface area contributed by atoms with Crippen molar-refractivity contribution in [1.29, 1.82) is 0 Å². The lowest BCUT2D eigenvalue weighted by molar-refractivity contribution is -0.169. The van der Waals surface area contributed by atoms with Crippen LogP contribution < -0.4 is 16.0 Å². The maximum absolute atomic E-state index is 13.5. The number of hydrogen-bond donors (Lipinski definition) is 3. The molecule has 0 aliphatic carbocycles. The molecule has 0 radical (unpaired) electrons. The molecule has 0 unspecified atom stereocenters. The normalized spacial score (nSPS) is 21.5. The highest BCUT2D eigenvalue weighted by atomic mass is 32.1. The fourth-order valence-electron chi connectivity index (χ4n) is 5.01. The second kappa shape index (κ2) is 13.3. The number of fused-ring (bicyclic) bond motifs is 4. The van der Waals surface area contributed by atoms with Crippen LogP contribution in [0.15, 0.2) is 41.1 Å². The first-order valence-electron chi connectivity index (χ1n) is 14.3. The summed E-state index contributed by atoms with van der Waals surface area (Å²) in [6.07, 6.45) is 0.913. The fraction of sp³-hybridized carbons (Fsp3) is 0.467. The maximum Gasteiger partial charge on any atom is 0.271 e. The van der Waals surface area contributed by atoms with E-state index < -0.39 is 17.5 Å². The van der Waals surface area contributed by atoms with E-state index in [1.165, 1.54) is 27.6 Å². The standard InChI is InChI=1S/C30H36N6O5S2/c1-18(2)24-28-34-21(14-43-28)25(38)31-10-7-11-36(29(40)30(3)16-41-17-30)13-23(37)32-20(12-19-8-5-4-6-9-19)27-33-22(15-42-27)26(39)35-24/h4-6,8-9,14-15,18,20,24H,7,10-13,16-17H2,1-3H3,(H,31,38)(H,32,37)(H,35,39)/t20-,24-/m0/s1. The summed E-state index contributed by atoms with van der Waals surface area (Å²) in [5.41, 5.74) is 0.808. The molecule has 43 heavy (non-hydrogen) atoms. The van der Waals surface area contributed by atoms with Crippen LogP contribution in [-0.4, -0.2) is 71.3 Å². The summed E-state index contributed by atoms with van der Waals surface area (Å²) < 4.78 is 5.31. The summed E-state index contributed by atoms with van der Waals surface area (Å²) in [7, 11) is 0. The van der Waals surface area contributed by atoms with Crippen molar-refractivity contribution in [1.82, 2.24) is 30.8 Å². The van der Waals surface area contributed by atoms with Crippen LogP contribution in [0, 0.1) is 11.3 Å². The predicted molar refractivity (Wildman–Crippen MR) is 163 cm³/mol. The molecule has 1 fully saturated rings. The number of aromatic nitrogens is 2. The molecule has 3 aromatic rings. The van der Waals surface area contributed by atoms with Gasteiger partial charge >= 0.3 is 0 Å². The van der Waals surface area contributed by atoms with E-state index in [4.69, 9.17) is 4.74 Å². The molecule has 2 aromatic heterocycles. The van der Waals surface area contributed by atoms with Gasteiger partial charge in [-0.2, -0.15) is 0 Å². The minimum atomic E-state index is -0.691. The lowest BCUT2D eigenvalue weighted by Gasteiger charge is -2.40.